The predicted molar refractivity (Wildman–Crippen MR) is 80.5 cm³/mol. The van der Waals surface area contributed by atoms with Crippen LogP contribution in [0.5, 0.6) is 5.75 Å². The summed E-state index contributed by atoms with van der Waals surface area (Å²) in [5, 5.41) is 2.62. The molecule has 0 bridgehead atoms. The first-order valence-electron chi connectivity index (χ1n) is 7.53. The highest BCUT2D eigenvalue weighted by Gasteiger charge is 2.38. The number of halogens is 3. The van der Waals surface area contributed by atoms with Crippen molar-refractivity contribution in [3.05, 3.63) is 29.8 Å². The molecule has 0 saturated carbocycles. The summed E-state index contributed by atoms with van der Waals surface area (Å²) in [6, 6.07) is 6.70. The molecule has 24 heavy (non-hydrogen) atoms. The van der Waals surface area contributed by atoms with Gasteiger partial charge in [0.25, 0.3) is 0 Å². The Morgan fingerprint density at radius 3 is 2.58 bits per heavy atom. The van der Waals surface area contributed by atoms with Crippen molar-refractivity contribution in [1.29, 1.82) is 0 Å². The number of nitrogens with one attached hydrogen (secondary N) is 1. The first-order valence-corrected chi connectivity index (χ1v) is 7.53. The molecular weight excluding hydrogens is 325 g/mol. The van der Waals surface area contributed by atoms with Gasteiger partial charge in [-0.1, -0.05) is 12.1 Å². The zero-order valence-corrected chi connectivity index (χ0v) is 13.2. The summed E-state index contributed by atoms with van der Waals surface area (Å²) in [5.74, 6) is -0.150. The van der Waals surface area contributed by atoms with Crippen LogP contribution >= 0.6 is 0 Å². The molecular formula is C16H19F3N2O3. The van der Waals surface area contributed by atoms with Crippen LogP contribution < -0.4 is 10.1 Å². The highest BCUT2D eigenvalue weighted by molar-refractivity contribution is 5.82. The fourth-order valence-electron chi connectivity index (χ4n) is 2.59. The van der Waals surface area contributed by atoms with E-state index in [0.717, 1.165) is 16.2 Å². The smallest absolute Gasteiger partial charge is 0.406 e. The molecule has 0 unspecified atom stereocenters. The lowest BCUT2D eigenvalue weighted by atomic mass is 10.1. The highest BCUT2D eigenvalue weighted by atomic mass is 19.4. The minimum atomic E-state index is -4.43. The van der Waals surface area contributed by atoms with Gasteiger partial charge in [0.1, 0.15) is 12.3 Å². The number of amides is 2. The van der Waals surface area contributed by atoms with E-state index in [-0.39, 0.29) is 25.3 Å². The van der Waals surface area contributed by atoms with E-state index in [0.29, 0.717) is 6.42 Å². The summed E-state index contributed by atoms with van der Waals surface area (Å²) in [6.45, 7) is -1.38. The normalized spacial score (nSPS) is 17.9. The van der Waals surface area contributed by atoms with E-state index in [9.17, 15) is 22.8 Å². The number of alkyl halides is 3. The largest absolute Gasteiger partial charge is 0.497 e. The molecule has 0 aromatic heterocycles. The number of aryl methyl sites for hydroxylation is 1. The van der Waals surface area contributed by atoms with Crippen molar-refractivity contribution < 1.29 is 27.5 Å². The van der Waals surface area contributed by atoms with Crippen LogP contribution in [0.15, 0.2) is 24.3 Å². The van der Waals surface area contributed by atoms with Crippen molar-refractivity contribution in [1.82, 2.24) is 10.2 Å². The Morgan fingerprint density at radius 2 is 2.00 bits per heavy atom. The summed E-state index contributed by atoms with van der Waals surface area (Å²) in [4.78, 5) is 24.2. The average molecular weight is 344 g/mol. The van der Waals surface area contributed by atoms with Gasteiger partial charge in [-0.2, -0.15) is 13.2 Å². The molecule has 2 amide bonds. The third-order valence-electron chi connectivity index (χ3n) is 3.75. The fraction of sp³-hybridized carbons (Fsp3) is 0.500. The van der Waals surface area contributed by atoms with Crippen LogP contribution in [0.4, 0.5) is 13.2 Å². The van der Waals surface area contributed by atoms with Crippen LogP contribution in [0, 0.1) is 0 Å². The Morgan fingerprint density at radius 1 is 1.33 bits per heavy atom. The van der Waals surface area contributed by atoms with Crippen molar-refractivity contribution in [3.8, 4) is 5.75 Å². The van der Waals surface area contributed by atoms with Crippen LogP contribution in [0.1, 0.15) is 18.4 Å². The SMILES string of the molecule is COc1ccc(CCC(=O)N[C@H]2CC(=O)N(CC(F)(F)F)C2)cc1. The van der Waals surface area contributed by atoms with Crippen LogP contribution in [-0.2, 0) is 16.0 Å². The third-order valence-corrected chi connectivity index (χ3v) is 3.75. The summed E-state index contributed by atoms with van der Waals surface area (Å²) < 4.78 is 42.1. The maximum absolute atomic E-state index is 12.3. The summed E-state index contributed by atoms with van der Waals surface area (Å²) >= 11 is 0. The summed E-state index contributed by atoms with van der Waals surface area (Å²) in [5.41, 5.74) is 0.951. The lowest BCUT2D eigenvalue weighted by Crippen LogP contribution is -2.39. The van der Waals surface area contributed by atoms with Gasteiger partial charge in [0.15, 0.2) is 0 Å². The van der Waals surface area contributed by atoms with Gasteiger partial charge in [0.05, 0.1) is 13.2 Å². The number of nitrogens with zero attached hydrogens (tertiary/aromatic N) is 1. The Kier molecular flexibility index (Phi) is 5.69. The maximum Gasteiger partial charge on any atom is 0.406 e. The summed E-state index contributed by atoms with van der Waals surface area (Å²) in [7, 11) is 1.56. The number of carbonyl (C=O) groups excluding carboxylic acids is 2. The Bertz CT molecular complexity index is 587. The molecule has 8 heteroatoms. The van der Waals surface area contributed by atoms with Gasteiger partial charge in [-0.25, -0.2) is 0 Å². The minimum absolute atomic E-state index is 0.0929. The average Bonchev–Trinajstić information content (AvgIpc) is 2.83. The molecule has 1 aromatic carbocycles. The topological polar surface area (TPSA) is 58.6 Å². The van der Waals surface area contributed by atoms with E-state index in [1.165, 1.54) is 0 Å². The van der Waals surface area contributed by atoms with Gasteiger partial charge in [-0.15, -0.1) is 0 Å². The van der Waals surface area contributed by atoms with Gasteiger partial charge in [0.2, 0.25) is 11.8 Å². The zero-order valence-electron chi connectivity index (χ0n) is 13.2. The first-order chi connectivity index (χ1) is 11.3. The van der Waals surface area contributed by atoms with Gasteiger partial charge in [-0.05, 0) is 24.1 Å². The minimum Gasteiger partial charge on any atom is -0.497 e. The van der Waals surface area contributed by atoms with Crippen molar-refractivity contribution in [2.75, 3.05) is 20.2 Å². The summed E-state index contributed by atoms with van der Waals surface area (Å²) in [6.07, 6.45) is -3.81. The second-order valence-electron chi connectivity index (χ2n) is 5.71. The van der Waals surface area contributed by atoms with E-state index >= 15 is 0 Å². The number of ether oxygens (including phenoxy) is 1. The van der Waals surface area contributed by atoms with E-state index in [1.54, 1.807) is 19.2 Å². The number of likely N-dealkylation sites (tertiary alicyclic amines) is 1. The predicted octanol–water partition coefficient (Wildman–Crippen LogP) is 1.91. The van der Waals surface area contributed by atoms with Crippen LogP contribution in [0.25, 0.3) is 0 Å². The van der Waals surface area contributed by atoms with Crippen molar-refractivity contribution in [2.45, 2.75) is 31.5 Å². The number of hydrogen-bond acceptors (Lipinski definition) is 3. The fourth-order valence-corrected chi connectivity index (χ4v) is 2.59. The molecule has 1 atom stereocenters. The van der Waals surface area contributed by atoms with Gasteiger partial charge in [-0.3, -0.25) is 9.59 Å². The molecule has 1 saturated heterocycles. The Balaban J connectivity index is 1.77. The standard InChI is InChI=1S/C16H19F3N2O3/c1-24-13-5-2-11(3-6-13)4-7-14(22)20-12-8-15(23)21(9-12)10-16(17,18)19/h2-3,5-6,12H,4,7-10H2,1H3,(H,20,22)/t12-/m0/s1. The van der Waals surface area contributed by atoms with Gasteiger partial charge in [0, 0.05) is 19.4 Å². The molecule has 1 fully saturated rings. The zero-order chi connectivity index (χ0) is 17.7. The van der Waals surface area contributed by atoms with Crippen molar-refractivity contribution in [2.24, 2.45) is 0 Å². The molecule has 0 aliphatic carbocycles. The van der Waals surface area contributed by atoms with E-state index in [2.05, 4.69) is 5.32 Å². The Labute approximate surface area is 137 Å². The molecule has 0 radical (unpaired) electrons. The van der Waals surface area contributed by atoms with Crippen LogP contribution in [0.3, 0.4) is 0 Å². The maximum atomic E-state index is 12.3. The second-order valence-corrected chi connectivity index (χ2v) is 5.71. The molecule has 5 nitrogen and oxygen atoms in total. The quantitative estimate of drug-likeness (QED) is 0.858. The first kappa shape index (κ1) is 18.1. The number of hydrogen-bond donors (Lipinski definition) is 1. The number of carbonyl (C=O) groups is 2. The van der Waals surface area contributed by atoms with Crippen molar-refractivity contribution >= 4 is 11.8 Å². The van der Waals surface area contributed by atoms with E-state index in [1.807, 2.05) is 12.1 Å². The molecule has 1 aliphatic rings. The molecule has 1 N–H and O–H groups in total. The van der Waals surface area contributed by atoms with Gasteiger partial charge >= 0.3 is 6.18 Å². The molecule has 2 rings (SSSR count). The highest BCUT2D eigenvalue weighted by Crippen LogP contribution is 2.21. The number of methoxy groups -OCH3 is 1. The number of benzene rings is 1. The monoisotopic (exact) mass is 344 g/mol. The molecule has 0 spiro atoms. The molecule has 132 valence electrons. The third kappa shape index (κ3) is 5.43. The van der Waals surface area contributed by atoms with E-state index in [4.69, 9.17) is 4.74 Å². The lowest BCUT2D eigenvalue weighted by molar-refractivity contribution is -0.157. The number of rotatable bonds is 6. The van der Waals surface area contributed by atoms with Crippen LogP contribution in [-0.4, -0.2) is 49.1 Å². The van der Waals surface area contributed by atoms with Crippen LogP contribution in [0.2, 0.25) is 0 Å². The molecule has 1 aromatic rings. The van der Waals surface area contributed by atoms with E-state index < -0.39 is 24.7 Å². The second kappa shape index (κ2) is 7.55. The van der Waals surface area contributed by atoms with Gasteiger partial charge < -0.3 is 15.0 Å². The Hall–Kier alpha value is -2.25. The molecule has 1 aliphatic heterocycles. The molecule has 1 heterocycles. The lowest BCUT2D eigenvalue weighted by Gasteiger charge is -2.18. The van der Waals surface area contributed by atoms with Crippen molar-refractivity contribution in [3.63, 3.8) is 0 Å².